The number of nitrogens with zero attached hydrogens (tertiary/aromatic N) is 1. The van der Waals surface area contributed by atoms with Gasteiger partial charge in [-0.25, -0.2) is 0 Å². The lowest BCUT2D eigenvalue weighted by Crippen LogP contribution is -2.32. The molecule has 0 heterocycles. The maximum Gasteiger partial charge on any atom is 0.119 e. The minimum absolute atomic E-state index is 0.256. The first-order valence-corrected chi connectivity index (χ1v) is 6.60. The lowest BCUT2D eigenvalue weighted by molar-refractivity contribution is 0.136. The van der Waals surface area contributed by atoms with E-state index >= 15 is 0 Å². The Morgan fingerprint density at radius 3 is 2.21 bits per heavy atom. The highest BCUT2D eigenvalue weighted by Crippen LogP contribution is 2.28. The Morgan fingerprint density at radius 1 is 1.26 bits per heavy atom. The van der Waals surface area contributed by atoms with E-state index in [4.69, 9.17) is 10.5 Å². The lowest BCUT2D eigenvalue weighted by Gasteiger charge is -2.24. The number of nitrogens with two attached hydrogens (primary N) is 1. The molecule has 1 rings (SSSR count). The van der Waals surface area contributed by atoms with Crippen molar-refractivity contribution in [1.29, 1.82) is 0 Å². The molecule has 2 atom stereocenters. The van der Waals surface area contributed by atoms with Gasteiger partial charge in [0.05, 0.1) is 13.2 Å². The zero-order chi connectivity index (χ0) is 14.6. The number of aliphatic hydroxyl groups is 1. The first-order chi connectivity index (χ1) is 8.86. The minimum Gasteiger partial charge on any atom is -0.497 e. The number of aryl methyl sites for hydroxylation is 2. The summed E-state index contributed by atoms with van der Waals surface area (Å²) in [6.45, 7) is 4.83. The molecular formula is C15H26N2O2. The highest BCUT2D eigenvalue weighted by molar-refractivity contribution is 5.42. The molecule has 4 nitrogen and oxygen atoms in total. The fraction of sp³-hybridized carbons (Fsp3) is 0.600. The van der Waals surface area contributed by atoms with Gasteiger partial charge < -0.3 is 20.5 Å². The number of benzene rings is 1. The van der Waals surface area contributed by atoms with E-state index < -0.39 is 6.10 Å². The fourth-order valence-electron chi connectivity index (χ4n) is 2.30. The third-order valence-electron chi connectivity index (χ3n) is 3.41. The predicted octanol–water partition coefficient (Wildman–Crippen LogP) is 1.62. The van der Waals surface area contributed by atoms with Gasteiger partial charge in [-0.1, -0.05) is 0 Å². The molecule has 0 amide bonds. The number of methoxy groups -OCH3 is 1. The summed E-state index contributed by atoms with van der Waals surface area (Å²) < 4.78 is 5.23. The quantitative estimate of drug-likeness (QED) is 0.821. The Hall–Kier alpha value is -1.10. The predicted molar refractivity (Wildman–Crippen MR) is 78.6 cm³/mol. The molecule has 0 aliphatic heterocycles. The van der Waals surface area contributed by atoms with E-state index in [1.54, 1.807) is 7.11 Å². The van der Waals surface area contributed by atoms with Gasteiger partial charge in [-0.05, 0) is 69.7 Å². The van der Waals surface area contributed by atoms with Crippen LogP contribution < -0.4 is 10.5 Å². The monoisotopic (exact) mass is 266 g/mol. The molecule has 108 valence electrons. The lowest BCUT2D eigenvalue weighted by atomic mass is 9.92. The van der Waals surface area contributed by atoms with Crippen LogP contribution in [0.25, 0.3) is 0 Å². The number of aliphatic hydroxyl groups excluding tert-OH is 1. The Bertz CT molecular complexity index is 396. The van der Waals surface area contributed by atoms with E-state index in [1.807, 2.05) is 40.1 Å². The van der Waals surface area contributed by atoms with Crippen LogP contribution in [0.1, 0.15) is 29.2 Å². The molecule has 4 heteroatoms. The van der Waals surface area contributed by atoms with Crippen LogP contribution in [0.4, 0.5) is 0 Å². The summed E-state index contributed by atoms with van der Waals surface area (Å²) >= 11 is 0. The van der Waals surface area contributed by atoms with Crippen LogP contribution in [0.2, 0.25) is 0 Å². The molecule has 3 N–H and O–H groups in total. The first kappa shape index (κ1) is 16.0. The third kappa shape index (κ3) is 4.20. The summed E-state index contributed by atoms with van der Waals surface area (Å²) in [6, 6.07) is 3.61. The zero-order valence-electron chi connectivity index (χ0n) is 12.6. The Balaban J connectivity index is 2.89. The van der Waals surface area contributed by atoms with Crippen molar-refractivity contribution in [2.75, 3.05) is 27.7 Å². The molecule has 0 spiro atoms. The zero-order valence-corrected chi connectivity index (χ0v) is 12.6. The number of hydrogen-bond donors (Lipinski definition) is 2. The topological polar surface area (TPSA) is 58.7 Å². The molecule has 2 unspecified atom stereocenters. The molecule has 0 saturated heterocycles. The van der Waals surface area contributed by atoms with Gasteiger partial charge in [-0.3, -0.25) is 0 Å². The molecule has 1 aromatic carbocycles. The highest BCUT2D eigenvalue weighted by atomic mass is 16.5. The Morgan fingerprint density at radius 2 is 1.79 bits per heavy atom. The largest absolute Gasteiger partial charge is 0.497 e. The normalized spacial score (nSPS) is 14.5. The third-order valence-corrected chi connectivity index (χ3v) is 3.41. The van der Waals surface area contributed by atoms with Gasteiger partial charge in [-0.15, -0.1) is 0 Å². The van der Waals surface area contributed by atoms with E-state index in [1.165, 1.54) is 0 Å². The molecule has 0 fully saturated rings. The van der Waals surface area contributed by atoms with Crippen molar-refractivity contribution in [3.8, 4) is 5.75 Å². The molecule has 0 bridgehead atoms. The van der Waals surface area contributed by atoms with E-state index in [0.717, 1.165) is 35.4 Å². The minimum atomic E-state index is -0.633. The van der Waals surface area contributed by atoms with Crippen molar-refractivity contribution in [2.24, 2.45) is 5.73 Å². The van der Waals surface area contributed by atoms with Gasteiger partial charge >= 0.3 is 0 Å². The summed E-state index contributed by atoms with van der Waals surface area (Å²) in [5.41, 5.74) is 9.06. The summed E-state index contributed by atoms with van der Waals surface area (Å²) in [5.74, 6) is 0.813. The number of rotatable bonds is 6. The van der Waals surface area contributed by atoms with Crippen LogP contribution in [0, 0.1) is 13.8 Å². The average molecular weight is 266 g/mol. The van der Waals surface area contributed by atoms with Gasteiger partial charge in [0.15, 0.2) is 0 Å². The second-order valence-corrected chi connectivity index (χ2v) is 5.38. The van der Waals surface area contributed by atoms with Crippen LogP contribution >= 0.6 is 0 Å². The van der Waals surface area contributed by atoms with Crippen molar-refractivity contribution < 1.29 is 9.84 Å². The number of hydrogen-bond acceptors (Lipinski definition) is 4. The second-order valence-electron chi connectivity index (χ2n) is 5.38. The Kier molecular flexibility index (Phi) is 5.79. The van der Waals surface area contributed by atoms with E-state index in [9.17, 15) is 5.11 Å². The van der Waals surface area contributed by atoms with Gasteiger partial charge in [0, 0.05) is 6.04 Å². The molecule has 0 saturated carbocycles. The van der Waals surface area contributed by atoms with E-state index in [2.05, 4.69) is 4.90 Å². The van der Waals surface area contributed by atoms with Crippen molar-refractivity contribution in [2.45, 2.75) is 32.4 Å². The van der Waals surface area contributed by atoms with E-state index in [-0.39, 0.29) is 6.04 Å². The molecule has 0 aliphatic carbocycles. The second kappa shape index (κ2) is 6.89. The SMILES string of the molecule is COc1cc(C)c(C(O)C(N)CCN(C)C)c(C)c1. The molecular weight excluding hydrogens is 240 g/mol. The average Bonchev–Trinajstić information content (AvgIpc) is 2.34. The van der Waals surface area contributed by atoms with Crippen LogP contribution in [0.5, 0.6) is 5.75 Å². The van der Waals surface area contributed by atoms with Gasteiger partial charge in [0.2, 0.25) is 0 Å². The first-order valence-electron chi connectivity index (χ1n) is 6.60. The molecule has 0 aromatic heterocycles. The molecule has 0 radical (unpaired) electrons. The summed E-state index contributed by atoms with van der Waals surface area (Å²) in [5, 5.41) is 10.4. The maximum absolute atomic E-state index is 10.4. The van der Waals surface area contributed by atoms with E-state index in [0.29, 0.717) is 0 Å². The van der Waals surface area contributed by atoms with Crippen LogP contribution in [-0.2, 0) is 0 Å². The van der Waals surface area contributed by atoms with Gasteiger partial charge in [-0.2, -0.15) is 0 Å². The smallest absolute Gasteiger partial charge is 0.119 e. The summed E-state index contributed by atoms with van der Waals surface area (Å²) in [7, 11) is 5.65. The van der Waals surface area contributed by atoms with Crippen molar-refractivity contribution in [3.63, 3.8) is 0 Å². The Labute approximate surface area is 116 Å². The summed E-state index contributed by atoms with van der Waals surface area (Å²) in [4.78, 5) is 2.07. The summed E-state index contributed by atoms with van der Waals surface area (Å²) in [6.07, 6.45) is 0.130. The standard InChI is InChI=1S/C15H26N2O2/c1-10-8-12(19-5)9-11(2)14(10)15(18)13(16)6-7-17(3)4/h8-9,13,15,18H,6-7,16H2,1-5H3. The fourth-order valence-corrected chi connectivity index (χ4v) is 2.30. The molecule has 19 heavy (non-hydrogen) atoms. The van der Waals surface area contributed by atoms with Crippen molar-refractivity contribution >= 4 is 0 Å². The highest BCUT2D eigenvalue weighted by Gasteiger charge is 2.21. The van der Waals surface area contributed by atoms with Crippen LogP contribution in [0.15, 0.2) is 12.1 Å². The maximum atomic E-state index is 10.4. The molecule has 1 aromatic rings. The van der Waals surface area contributed by atoms with Gasteiger partial charge in [0.25, 0.3) is 0 Å². The van der Waals surface area contributed by atoms with Crippen LogP contribution in [-0.4, -0.2) is 43.8 Å². The van der Waals surface area contributed by atoms with Crippen LogP contribution in [0.3, 0.4) is 0 Å². The van der Waals surface area contributed by atoms with Gasteiger partial charge in [0.1, 0.15) is 5.75 Å². The van der Waals surface area contributed by atoms with Crippen molar-refractivity contribution in [3.05, 3.63) is 28.8 Å². The number of ether oxygens (including phenoxy) is 1. The molecule has 0 aliphatic rings. The van der Waals surface area contributed by atoms with Crippen molar-refractivity contribution in [1.82, 2.24) is 4.90 Å².